The van der Waals surface area contributed by atoms with Crippen LogP contribution in [-0.2, 0) is 20.6 Å². The van der Waals surface area contributed by atoms with E-state index in [0.717, 1.165) is 38.3 Å². The number of likely N-dealkylation sites (N-methyl/N-ethyl adjacent to an activating group) is 1. The molecule has 26 heavy (non-hydrogen) atoms. The van der Waals surface area contributed by atoms with E-state index >= 15 is 0 Å². The van der Waals surface area contributed by atoms with Crippen LogP contribution in [0.1, 0.15) is 25.3 Å². The average molecular weight is 380 g/mol. The molecule has 0 spiro atoms. The van der Waals surface area contributed by atoms with Gasteiger partial charge in [-0.25, -0.2) is 12.7 Å². The zero-order valence-corrected chi connectivity index (χ0v) is 16.3. The van der Waals surface area contributed by atoms with Gasteiger partial charge in [0.1, 0.15) is 0 Å². The van der Waals surface area contributed by atoms with E-state index in [1.165, 1.54) is 0 Å². The van der Waals surface area contributed by atoms with Crippen molar-refractivity contribution in [2.75, 3.05) is 45.8 Å². The molecule has 2 heterocycles. The highest BCUT2D eigenvalue weighted by molar-refractivity contribution is 7.88. The molecule has 3 rings (SSSR count). The molecule has 6 nitrogen and oxygen atoms in total. The number of sulfonamides is 1. The van der Waals surface area contributed by atoms with Gasteiger partial charge in [0.05, 0.1) is 5.75 Å². The van der Waals surface area contributed by atoms with Gasteiger partial charge >= 0.3 is 0 Å². The summed E-state index contributed by atoms with van der Waals surface area (Å²) in [7, 11) is -3.32. The summed E-state index contributed by atoms with van der Waals surface area (Å²) in [6.07, 6.45) is 1.25. The fourth-order valence-corrected chi connectivity index (χ4v) is 5.36. The molecule has 0 saturated carbocycles. The molecule has 0 aromatic heterocycles. The predicted octanol–water partition coefficient (Wildman–Crippen LogP) is 1.39. The van der Waals surface area contributed by atoms with Gasteiger partial charge in [-0.2, -0.15) is 0 Å². The van der Waals surface area contributed by atoms with Crippen LogP contribution >= 0.6 is 0 Å². The van der Waals surface area contributed by atoms with E-state index < -0.39 is 10.0 Å². The number of carbonyl (C=O) groups excluding carboxylic acids is 1. The predicted molar refractivity (Wildman–Crippen MR) is 102 cm³/mol. The number of piperidine rings is 1. The van der Waals surface area contributed by atoms with Crippen LogP contribution in [0, 0.1) is 5.92 Å². The average Bonchev–Trinajstić information content (AvgIpc) is 2.68. The molecule has 0 aliphatic carbocycles. The lowest BCUT2D eigenvalue weighted by atomic mass is 9.96. The fourth-order valence-electron chi connectivity index (χ4n) is 3.80. The summed E-state index contributed by atoms with van der Waals surface area (Å²) in [6.45, 7) is 7.52. The standard InChI is InChI=1S/C19H29N3O3S/c1-2-20-12-14-21(15-13-20)19(23)18-8-10-22(11-9-18)26(24,25)16-17-6-4-3-5-7-17/h3-7,18H,2,8-16H2,1H3. The first-order valence-corrected chi connectivity index (χ1v) is 11.1. The Morgan fingerprint density at radius 2 is 1.62 bits per heavy atom. The van der Waals surface area contributed by atoms with Crippen molar-refractivity contribution in [1.82, 2.24) is 14.1 Å². The first kappa shape index (κ1) is 19.3. The summed E-state index contributed by atoms with van der Waals surface area (Å²) in [5.74, 6) is 0.207. The molecule has 0 bridgehead atoms. The molecule has 1 aromatic carbocycles. The van der Waals surface area contributed by atoms with Crippen molar-refractivity contribution in [3.63, 3.8) is 0 Å². The fraction of sp³-hybridized carbons (Fsp3) is 0.632. The van der Waals surface area contributed by atoms with Crippen LogP contribution < -0.4 is 0 Å². The zero-order chi connectivity index (χ0) is 18.6. The maximum absolute atomic E-state index is 12.7. The van der Waals surface area contributed by atoms with Crippen LogP contribution in [0.5, 0.6) is 0 Å². The molecule has 1 aromatic rings. The van der Waals surface area contributed by atoms with Gasteiger partial charge in [-0.1, -0.05) is 37.3 Å². The van der Waals surface area contributed by atoms with Gasteiger partial charge in [0, 0.05) is 45.2 Å². The number of benzene rings is 1. The third kappa shape index (κ3) is 4.64. The quantitative estimate of drug-likeness (QED) is 0.776. The monoisotopic (exact) mass is 379 g/mol. The minimum atomic E-state index is -3.32. The van der Waals surface area contributed by atoms with E-state index in [9.17, 15) is 13.2 Å². The number of rotatable bonds is 5. The van der Waals surface area contributed by atoms with Crippen LogP contribution in [0.25, 0.3) is 0 Å². The molecule has 2 saturated heterocycles. The molecule has 1 amide bonds. The Labute approximate surface area is 156 Å². The Balaban J connectivity index is 1.51. The summed E-state index contributed by atoms with van der Waals surface area (Å²) >= 11 is 0. The maximum atomic E-state index is 12.7. The second kappa shape index (κ2) is 8.50. The SMILES string of the molecule is CCN1CCN(C(=O)C2CCN(S(=O)(=O)Cc3ccccc3)CC2)CC1. The molecule has 2 aliphatic rings. The van der Waals surface area contributed by atoms with Gasteiger partial charge in [-0.3, -0.25) is 4.79 Å². The second-order valence-corrected chi connectivity index (χ2v) is 9.14. The Morgan fingerprint density at radius 3 is 2.19 bits per heavy atom. The number of carbonyl (C=O) groups is 1. The topological polar surface area (TPSA) is 60.9 Å². The second-order valence-electron chi connectivity index (χ2n) is 7.17. The lowest BCUT2D eigenvalue weighted by molar-refractivity contribution is -0.138. The number of hydrogen-bond acceptors (Lipinski definition) is 4. The third-order valence-electron chi connectivity index (χ3n) is 5.52. The Kier molecular flexibility index (Phi) is 6.32. The minimum absolute atomic E-state index is 0.0332. The van der Waals surface area contributed by atoms with Crippen molar-refractivity contribution in [3.05, 3.63) is 35.9 Å². The number of nitrogens with zero attached hydrogens (tertiary/aromatic N) is 3. The molecular weight excluding hydrogens is 350 g/mol. The molecule has 144 valence electrons. The highest BCUT2D eigenvalue weighted by atomic mass is 32.2. The molecule has 0 unspecified atom stereocenters. The summed E-state index contributed by atoms with van der Waals surface area (Å²) in [5.41, 5.74) is 0.805. The number of amides is 1. The highest BCUT2D eigenvalue weighted by Gasteiger charge is 2.33. The van der Waals surface area contributed by atoms with Gasteiger partial charge in [-0.05, 0) is 24.9 Å². The summed E-state index contributed by atoms with van der Waals surface area (Å²) in [5, 5.41) is 0. The molecule has 7 heteroatoms. The lowest BCUT2D eigenvalue weighted by Gasteiger charge is -2.38. The van der Waals surface area contributed by atoms with E-state index in [4.69, 9.17) is 0 Å². The van der Waals surface area contributed by atoms with E-state index in [1.807, 2.05) is 35.2 Å². The first-order valence-electron chi connectivity index (χ1n) is 9.52. The molecular formula is C19H29N3O3S. The number of hydrogen-bond donors (Lipinski definition) is 0. The smallest absolute Gasteiger partial charge is 0.225 e. The summed E-state index contributed by atoms with van der Waals surface area (Å²) in [6, 6.07) is 9.27. The van der Waals surface area contributed by atoms with Crippen molar-refractivity contribution in [2.45, 2.75) is 25.5 Å². The van der Waals surface area contributed by atoms with Crippen LogP contribution in [0.15, 0.2) is 30.3 Å². The summed E-state index contributed by atoms with van der Waals surface area (Å²) < 4.78 is 26.8. The Hall–Kier alpha value is -1.44. The molecule has 0 N–H and O–H groups in total. The summed E-state index contributed by atoms with van der Waals surface area (Å²) in [4.78, 5) is 17.0. The van der Waals surface area contributed by atoms with Gasteiger partial charge in [0.15, 0.2) is 0 Å². The number of piperazine rings is 1. The van der Waals surface area contributed by atoms with Crippen LogP contribution in [0.3, 0.4) is 0 Å². The molecule has 2 fully saturated rings. The zero-order valence-electron chi connectivity index (χ0n) is 15.5. The Morgan fingerprint density at radius 1 is 1.00 bits per heavy atom. The maximum Gasteiger partial charge on any atom is 0.225 e. The van der Waals surface area contributed by atoms with Gasteiger partial charge in [0.25, 0.3) is 0 Å². The molecule has 0 radical (unpaired) electrons. The van der Waals surface area contributed by atoms with Gasteiger partial charge in [-0.15, -0.1) is 0 Å². The van der Waals surface area contributed by atoms with Crippen LogP contribution in [-0.4, -0.2) is 74.2 Å². The van der Waals surface area contributed by atoms with Crippen molar-refractivity contribution in [3.8, 4) is 0 Å². The van der Waals surface area contributed by atoms with E-state index in [1.54, 1.807) is 4.31 Å². The van der Waals surface area contributed by atoms with Crippen LogP contribution in [0.4, 0.5) is 0 Å². The molecule has 0 atom stereocenters. The molecule has 2 aliphatic heterocycles. The first-order chi connectivity index (χ1) is 12.5. The van der Waals surface area contributed by atoms with Crippen molar-refractivity contribution in [1.29, 1.82) is 0 Å². The van der Waals surface area contributed by atoms with E-state index in [0.29, 0.717) is 25.9 Å². The Bertz CT molecular complexity index is 692. The van der Waals surface area contributed by atoms with Gasteiger partial charge in [0.2, 0.25) is 15.9 Å². The lowest BCUT2D eigenvalue weighted by Crippen LogP contribution is -2.51. The van der Waals surface area contributed by atoms with E-state index in [2.05, 4.69) is 11.8 Å². The largest absolute Gasteiger partial charge is 0.340 e. The van der Waals surface area contributed by atoms with E-state index in [-0.39, 0.29) is 17.6 Å². The van der Waals surface area contributed by atoms with Crippen LogP contribution in [0.2, 0.25) is 0 Å². The highest BCUT2D eigenvalue weighted by Crippen LogP contribution is 2.24. The van der Waals surface area contributed by atoms with Gasteiger partial charge < -0.3 is 9.80 Å². The normalized spacial score (nSPS) is 21.0. The minimum Gasteiger partial charge on any atom is -0.340 e. The van der Waals surface area contributed by atoms with Crippen molar-refractivity contribution < 1.29 is 13.2 Å². The third-order valence-corrected chi connectivity index (χ3v) is 7.37. The van der Waals surface area contributed by atoms with Crippen molar-refractivity contribution >= 4 is 15.9 Å². The van der Waals surface area contributed by atoms with Crippen molar-refractivity contribution in [2.24, 2.45) is 5.92 Å².